The number of phenolic OH excluding ortho intramolecular Hbond substituents is 1. The van der Waals surface area contributed by atoms with E-state index < -0.39 is 6.10 Å². The predicted molar refractivity (Wildman–Crippen MR) is 102 cm³/mol. The van der Waals surface area contributed by atoms with Crippen molar-refractivity contribution >= 4 is 5.78 Å². The summed E-state index contributed by atoms with van der Waals surface area (Å²) in [4.78, 5) is 12.6. The van der Waals surface area contributed by atoms with Gasteiger partial charge in [0.15, 0.2) is 5.78 Å². The Morgan fingerprint density at radius 1 is 1.15 bits per heavy atom. The Morgan fingerprint density at radius 3 is 2.62 bits per heavy atom. The Balaban J connectivity index is 1.90. The number of Topliss-reactive ketones (excluding diaryl/α,β-unsaturated/α-hetero) is 1. The number of para-hydroxylation sites is 1. The Hall–Kier alpha value is -2.37. The van der Waals surface area contributed by atoms with Gasteiger partial charge in [0.25, 0.3) is 0 Å². The van der Waals surface area contributed by atoms with Crippen LogP contribution in [0.15, 0.2) is 48.5 Å². The number of aliphatic hydroxyl groups excluding tert-OH is 1. The minimum atomic E-state index is -0.623. The molecule has 0 amide bonds. The van der Waals surface area contributed by atoms with Crippen molar-refractivity contribution in [1.82, 2.24) is 5.32 Å². The molecular formula is C21H27NO4. The minimum absolute atomic E-state index is 0.00715. The zero-order valence-corrected chi connectivity index (χ0v) is 15.1. The highest BCUT2D eigenvalue weighted by Gasteiger charge is 2.13. The number of aryl methyl sites for hydroxylation is 1. The van der Waals surface area contributed by atoms with Gasteiger partial charge in [0.2, 0.25) is 0 Å². The van der Waals surface area contributed by atoms with Crippen LogP contribution < -0.4 is 10.1 Å². The summed E-state index contributed by atoms with van der Waals surface area (Å²) in [5.41, 5.74) is 1.52. The zero-order chi connectivity index (χ0) is 18.8. The molecule has 0 aliphatic rings. The van der Waals surface area contributed by atoms with E-state index in [1.54, 1.807) is 30.3 Å². The van der Waals surface area contributed by atoms with Crippen molar-refractivity contribution in [3.63, 3.8) is 0 Å². The molecule has 0 aromatic heterocycles. The van der Waals surface area contributed by atoms with Gasteiger partial charge in [0, 0.05) is 13.0 Å². The largest absolute Gasteiger partial charge is 0.508 e. The second-order valence-electron chi connectivity index (χ2n) is 6.25. The van der Waals surface area contributed by atoms with Crippen molar-refractivity contribution in [3.8, 4) is 11.5 Å². The second kappa shape index (κ2) is 10.6. The number of benzene rings is 2. The second-order valence-corrected chi connectivity index (χ2v) is 6.25. The fraction of sp³-hybridized carbons (Fsp3) is 0.381. The minimum Gasteiger partial charge on any atom is -0.508 e. The first-order chi connectivity index (χ1) is 12.6. The molecule has 0 aliphatic carbocycles. The standard InChI is InChI=1S/C21H27NO4/c1-2-13-22-14-18(24)15-26-21-6-4-3-5-19(21)20(25)12-9-16-7-10-17(23)11-8-16/h3-8,10-11,18,22-24H,2,9,12-15H2,1H3. The maximum absolute atomic E-state index is 12.6. The molecule has 0 heterocycles. The number of aliphatic hydroxyl groups is 1. The van der Waals surface area contributed by atoms with Gasteiger partial charge in [-0.15, -0.1) is 0 Å². The lowest BCUT2D eigenvalue weighted by Gasteiger charge is -2.15. The van der Waals surface area contributed by atoms with Crippen LogP contribution in [0.25, 0.3) is 0 Å². The lowest BCUT2D eigenvalue weighted by atomic mass is 10.0. The molecule has 0 bridgehead atoms. The first-order valence-electron chi connectivity index (χ1n) is 9.02. The van der Waals surface area contributed by atoms with Gasteiger partial charge in [0.05, 0.1) is 5.56 Å². The molecule has 140 valence electrons. The molecule has 0 aliphatic heterocycles. The summed E-state index contributed by atoms with van der Waals surface area (Å²) in [7, 11) is 0. The lowest BCUT2D eigenvalue weighted by Crippen LogP contribution is -2.32. The molecule has 0 radical (unpaired) electrons. The van der Waals surface area contributed by atoms with Crippen LogP contribution in [0.4, 0.5) is 0 Å². The van der Waals surface area contributed by atoms with Gasteiger partial charge in [-0.1, -0.05) is 31.2 Å². The molecule has 2 rings (SSSR count). The number of aromatic hydroxyl groups is 1. The molecule has 0 saturated heterocycles. The summed E-state index contributed by atoms with van der Waals surface area (Å²) >= 11 is 0. The molecule has 1 unspecified atom stereocenters. The van der Waals surface area contributed by atoms with Gasteiger partial charge in [-0.05, 0) is 49.2 Å². The van der Waals surface area contributed by atoms with Crippen LogP contribution in [0.1, 0.15) is 35.7 Å². The topological polar surface area (TPSA) is 78.8 Å². The van der Waals surface area contributed by atoms with Gasteiger partial charge in [-0.3, -0.25) is 4.79 Å². The molecule has 5 heteroatoms. The van der Waals surface area contributed by atoms with E-state index in [2.05, 4.69) is 12.2 Å². The van der Waals surface area contributed by atoms with Crippen LogP contribution in [0.5, 0.6) is 11.5 Å². The Bertz CT molecular complexity index is 685. The van der Waals surface area contributed by atoms with E-state index in [1.807, 2.05) is 18.2 Å². The number of hydrogen-bond acceptors (Lipinski definition) is 5. The molecule has 5 nitrogen and oxygen atoms in total. The lowest BCUT2D eigenvalue weighted by molar-refractivity contribution is 0.0950. The van der Waals surface area contributed by atoms with Crippen molar-refractivity contribution < 1.29 is 19.7 Å². The van der Waals surface area contributed by atoms with Crippen LogP contribution in [0.2, 0.25) is 0 Å². The first kappa shape index (κ1) is 19.9. The first-order valence-corrected chi connectivity index (χ1v) is 9.02. The number of ketones is 1. The monoisotopic (exact) mass is 357 g/mol. The smallest absolute Gasteiger partial charge is 0.166 e. The van der Waals surface area contributed by atoms with E-state index in [-0.39, 0.29) is 18.1 Å². The molecule has 0 spiro atoms. The van der Waals surface area contributed by atoms with Crippen molar-refractivity contribution in [3.05, 3.63) is 59.7 Å². The van der Waals surface area contributed by atoms with Gasteiger partial charge in [0.1, 0.15) is 24.2 Å². The van der Waals surface area contributed by atoms with Gasteiger partial charge in [-0.25, -0.2) is 0 Å². The van der Waals surface area contributed by atoms with E-state index in [4.69, 9.17) is 4.74 Å². The van der Waals surface area contributed by atoms with Crippen LogP contribution in [0, 0.1) is 0 Å². The zero-order valence-electron chi connectivity index (χ0n) is 15.1. The van der Waals surface area contributed by atoms with Crippen molar-refractivity contribution in [2.75, 3.05) is 19.7 Å². The van der Waals surface area contributed by atoms with E-state index >= 15 is 0 Å². The Morgan fingerprint density at radius 2 is 1.88 bits per heavy atom. The summed E-state index contributed by atoms with van der Waals surface area (Å²) in [6.07, 6.45) is 1.33. The summed E-state index contributed by atoms with van der Waals surface area (Å²) < 4.78 is 5.67. The molecule has 0 fully saturated rings. The van der Waals surface area contributed by atoms with E-state index in [1.165, 1.54) is 0 Å². The molecule has 3 N–H and O–H groups in total. The fourth-order valence-electron chi connectivity index (χ4n) is 2.57. The maximum Gasteiger partial charge on any atom is 0.166 e. The quantitative estimate of drug-likeness (QED) is 0.426. The predicted octanol–water partition coefficient (Wildman–Crippen LogP) is 2.95. The van der Waals surface area contributed by atoms with Gasteiger partial charge < -0.3 is 20.3 Å². The molecule has 2 aromatic carbocycles. The highest BCUT2D eigenvalue weighted by molar-refractivity contribution is 5.98. The highest BCUT2D eigenvalue weighted by atomic mass is 16.5. The van der Waals surface area contributed by atoms with Crippen molar-refractivity contribution in [2.45, 2.75) is 32.3 Å². The number of carbonyl (C=O) groups excluding carboxylic acids is 1. The maximum atomic E-state index is 12.6. The Kier molecular flexibility index (Phi) is 8.12. The number of carbonyl (C=O) groups is 1. The number of rotatable bonds is 11. The van der Waals surface area contributed by atoms with Crippen molar-refractivity contribution in [2.24, 2.45) is 0 Å². The van der Waals surface area contributed by atoms with Crippen LogP contribution in [0.3, 0.4) is 0 Å². The molecule has 2 aromatic rings. The van der Waals surface area contributed by atoms with Gasteiger partial charge >= 0.3 is 0 Å². The summed E-state index contributed by atoms with van der Waals surface area (Å²) in [6, 6.07) is 14.0. The molecule has 0 saturated carbocycles. The third-order valence-electron chi connectivity index (χ3n) is 4.00. The van der Waals surface area contributed by atoms with Crippen LogP contribution >= 0.6 is 0 Å². The van der Waals surface area contributed by atoms with E-state index in [9.17, 15) is 15.0 Å². The van der Waals surface area contributed by atoms with Crippen LogP contribution in [-0.2, 0) is 6.42 Å². The normalized spacial score (nSPS) is 11.9. The average molecular weight is 357 g/mol. The number of hydrogen-bond donors (Lipinski definition) is 3. The SMILES string of the molecule is CCCNCC(O)COc1ccccc1C(=O)CCc1ccc(O)cc1. The number of nitrogens with one attached hydrogen (secondary N) is 1. The Labute approximate surface area is 154 Å². The molecular weight excluding hydrogens is 330 g/mol. The van der Waals surface area contributed by atoms with Gasteiger partial charge in [-0.2, -0.15) is 0 Å². The van der Waals surface area contributed by atoms with E-state index in [0.717, 1.165) is 18.5 Å². The molecule has 1 atom stereocenters. The average Bonchev–Trinajstić information content (AvgIpc) is 2.66. The number of phenols is 1. The third-order valence-corrected chi connectivity index (χ3v) is 4.00. The fourth-order valence-corrected chi connectivity index (χ4v) is 2.57. The highest BCUT2D eigenvalue weighted by Crippen LogP contribution is 2.21. The summed E-state index contributed by atoms with van der Waals surface area (Å²) in [5.74, 6) is 0.704. The van der Waals surface area contributed by atoms with Crippen LogP contribution in [-0.4, -0.2) is 41.8 Å². The summed E-state index contributed by atoms with van der Waals surface area (Å²) in [5, 5.41) is 22.4. The molecule has 26 heavy (non-hydrogen) atoms. The van der Waals surface area contributed by atoms with E-state index in [0.29, 0.717) is 30.7 Å². The summed E-state index contributed by atoms with van der Waals surface area (Å²) in [6.45, 7) is 3.52. The third kappa shape index (κ3) is 6.50. The van der Waals surface area contributed by atoms with Crippen molar-refractivity contribution in [1.29, 1.82) is 0 Å². The number of ether oxygens (including phenoxy) is 1.